The van der Waals surface area contributed by atoms with Crippen LogP contribution < -0.4 is 5.73 Å². The van der Waals surface area contributed by atoms with Gasteiger partial charge in [0.2, 0.25) is 0 Å². The molecule has 15 heavy (non-hydrogen) atoms. The molecule has 1 rings (SSSR count). The second kappa shape index (κ2) is 4.73. The van der Waals surface area contributed by atoms with E-state index in [0.29, 0.717) is 5.56 Å². The molecule has 2 nitrogen and oxygen atoms in total. The molecule has 1 aromatic carbocycles. The smallest absolute Gasteiger partial charge is 0.123 e. The van der Waals surface area contributed by atoms with Crippen molar-refractivity contribution < 1.29 is 9.50 Å². The number of aryl methyl sites for hydroxylation is 1. The monoisotopic (exact) mass is 211 g/mol. The SMILES string of the molecule is Cc1cc(F)ccc1C(O)C(N)C(C)C. The summed E-state index contributed by atoms with van der Waals surface area (Å²) in [6, 6.07) is 4.02. The van der Waals surface area contributed by atoms with Crippen LogP contribution in [0.25, 0.3) is 0 Å². The van der Waals surface area contributed by atoms with Crippen molar-refractivity contribution in [2.45, 2.75) is 32.9 Å². The number of hydrogen-bond donors (Lipinski definition) is 2. The lowest BCUT2D eigenvalue weighted by atomic mass is 9.92. The molecule has 84 valence electrons. The molecule has 0 aliphatic rings. The van der Waals surface area contributed by atoms with Gasteiger partial charge in [0.1, 0.15) is 5.82 Å². The fourth-order valence-corrected chi connectivity index (χ4v) is 1.54. The van der Waals surface area contributed by atoms with Gasteiger partial charge in [0.05, 0.1) is 6.10 Å². The number of halogens is 1. The van der Waals surface area contributed by atoms with Crippen molar-refractivity contribution in [3.05, 3.63) is 35.1 Å². The van der Waals surface area contributed by atoms with E-state index in [1.807, 2.05) is 13.8 Å². The summed E-state index contributed by atoms with van der Waals surface area (Å²) < 4.78 is 12.9. The van der Waals surface area contributed by atoms with Gasteiger partial charge in [0.25, 0.3) is 0 Å². The normalized spacial score (nSPS) is 15.4. The molecular weight excluding hydrogens is 193 g/mol. The predicted octanol–water partition coefficient (Wildman–Crippen LogP) is 2.15. The first-order valence-corrected chi connectivity index (χ1v) is 5.13. The molecule has 0 radical (unpaired) electrons. The quantitative estimate of drug-likeness (QED) is 0.804. The molecule has 0 aliphatic carbocycles. The lowest BCUT2D eigenvalue weighted by Crippen LogP contribution is -2.33. The Morgan fingerprint density at radius 3 is 2.40 bits per heavy atom. The Bertz CT molecular complexity index is 338. The summed E-state index contributed by atoms with van der Waals surface area (Å²) in [5.41, 5.74) is 7.30. The van der Waals surface area contributed by atoms with Crippen molar-refractivity contribution in [2.24, 2.45) is 11.7 Å². The molecule has 3 N–H and O–H groups in total. The van der Waals surface area contributed by atoms with E-state index >= 15 is 0 Å². The Kier molecular flexibility index (Phi) is 3.83. The third kappa shape index (κ3) is 2.76. The Labute approximate surface area is 89.9 Å². The van der Waals surface area contributed by atoms with Crippen LogP contribution in [0.5, 0.6) is 0 Å². The molecule has 3 heteroatoms. The van der Waals surface area contributed by atoms with Crippen molar-refractivity contribution >= 4 is 0 Å². The zero-order chi connectivity index (χ0) is 11.6. The van der Waals surface area contributed by atoms with Gasteiger partial charge in [-0.1, -0.05) is 19.9 Å². The van der Waals surface area contributed by atoms with Gasteiger partial charge >= 0.3 is 0 Å². The molecule has 0 saturated carbocycles. The second-order valence-corrected chi connectivity index (χ2v) is 4.27. The minimum atomic E-state index is -0.731. The summed E-state index contributed by atoms with van der Waals surface area (Å²) in [5.74, 6) is -0.106. The van der Waals surface area contributed by atoms with Crippen LogP contribution in [0.4, 0.5) is 4.39 Å². The van der Waals surface area contributed by atoms with Crippen LogP contribution in [0.3, 0.4) is 0 Å². The molecule has 0 saturated heterocycles. The van der Waals surface area contributed by atoms with E-state index in [2.05, 4.69) is 0 Å². The van der Waals surface area contributed by atoms with Crippen LogP contribution in [0, 0.1) is 18.7 Å². The first-order valence-electron chi connectivity index (χ1n) is 5.13. The zero-order valence-corrected chi connectivity index (χ0v) is 9.37. The molecule has 2 atom stereocenters. The average Bonchev–Trinajstić information content (AvgIpc) is 2.15. The zero-order valence-electron chi connectivity index (χ0n) is 9.37. The molecule has 0 fully saturated rings. The van der Waals surface area contributed by atoms with E-state index in [9.17, 15) is 9.50 Å². The topological polar surface area (TPSA) is 46.2 Å². The third-order valence-corrected chi connectivity index (χ3v) is 2.68. The van der Waals surface area contributed by atoms with Crippen LogP contribution in [0.2, 0.25) is 0 Å². The number of aliphatic hydroxyl groups excluding tert-OH is 1. The summed E-state index contributed by atoms with van der Waals surface area (Å²) in [4.78, 5) is 0. The minimum Gasteiger partial charge on any atom is -0.387 e. The van der Waals surface area contributed by atoms with Gasteiger partial charge in [0.15, 0.2) is 0 Å². The molecule has 0 aromatic heterocycles. The van der Waals surface area contributed by atoms with E-state index < -0.39 is 6.10 Å². The van der Waals surface area contributed by atoms with Crippen molar-refractivity contribution in [3.63, 3.8) is 0 Å². The maximum atomic E-state index is 12.9. The van der Waals surface area contributed by atoms with E-state index in [0.717, 1.165) is 5.56 Å². The summed E-state index contributed by atoms with van der Waals surface area (Å²) in [7, 11) is 0. The van der Waals surface area contributed by atoms with E-state index in [1.54, 1.807) is 13.0 Å². The van der Waals surface area contributed by atoms with Crippen molar-refractivity contribution in [1.82, 2.24) is 0 Å². The lowest BCUT2D eigenvalue weighted by Gasteiger charge is -2.23. The number of rotatable bonds is 3. The maximum Gasteiger partial charge on any atom is 0.123 e. The Morgan fingerprint density at radius 1 is 1.33 bits per heavy atom. The molecular formula is C12H18FNO. The van der Waals surface area contributed by atoms with E-state index in [4.69, 9.17) is 5.73 Å². The lowest BCUT2D eigenvalue weighted by molar-refractivity contribution is 0.125. The number of nitrogens with two attached hydrogens (primary N) is 1. The van der Waals surface area contributed by atoms with E-state index in [-0.39, 0.29) is 17.8 Å². The molecule has 0 spiro atoms. The van der Waals surface area contributed by atoms with Gasteiger partial charge in [-0.05, 0) is 36.1 Å². The Morgan fingerprint density at radius 2 is 1.93 bits per heavy atom. The summed E-state index contributed by atoms with van der Waals surface area (Å²) in [5, 5.41) is 9.98. The third-order valence-electron chi connectivity index (χ3n) is 2.68. The highest BCUT2D eigenvalue weighted by Gasteiger charge is 2.21. The molecule has 1 aromatic rings. The van der Waals surface area contributed by atoms with Crippen molar-refractivity contribution in [1.29, 1.82) is 0 Å². The molecule has 2 unspecified atom stereocenters. The van der Waals surface area contributed by atoms with Crippen LogP contribution in [-0.4, -0.2) is 11.1 Å². The van der Waals surface area contributed by atoms with Gasteiger partial charge in [-0.3, -0.25) is 0 Å². The highest BCUT2D eigenvalue weighted by Crippen LogP contribution is 2.23. The first-order chi connectivity index (χ1) is 6.93. The van der Waals surface area contributed by atoms with Crippen LogP contribution in [0.1, 0.15) is 31.1 Å². The Hall–Kier alpha value is -0.930. The van der Waals surface area contributed by atoms with E-state index in [1.165, 1.54) is 12.1 Å². The number of benzene rings is 1. The standard InChI is InChI=1S/C12H18FNO/c1-7(2)11(14)12(15)10-5-4-9(13)6-8(10)3/h4-7,11-12,15H,14H2,1-3H3. The average molecular weight is 211 g/mol. The number of hydrogen-bond acceptors (Lipinski definition) is 2. The second-order valence-electron chi connectivity index (χ2n) is 4.27. The highest BCUT2D eigenvalue weighted by atomic mass is 19.1. The van der Waals surface area contributed by atoms with Gasteiger partial charge in [-0.25, -0.2) is 4.39 Å². The number of aliphatic hydroxyl groups is 1. The first kappa shape index (κ1) is 12.1. The minimum absolute atomic E-state index is 0.185. The summed E-state index contributed by atoms with van der Waals surface area (Å²) in [6.07, 6.45) is -0.731. The predicted molar refractivity (Wildman–Crippen MR) is 58.9 cm³/mol. The fourth-order valence-electron chi connectivity index (χ4n) is 1.54. The summed E-state index contributed by atoms with van der Waals surface area (Å²) >= 11 is 0. The van der Waals surface area contributed by atoms with Gasteiger partial charge < -0.3 is 10.8 Å². The maximum absolute atomic E-state index is 12.9. The van der Waals surface area contributed by atoms with Crippen LogP contribution in [0.15, 0.2) is 18.2 Å². The van der Waals surface area contributed by atoms with Crippen molar-refractivity contribution in [2.75, 3.05) is 0 Å². The fraction of sp³-hybridized carbons (Fsp3) is 0.500. The summed E-state index contributed by atoms with van der Waals surface area (Å²) in [6.45, 7) is 5.67. The molecule has 0 bridgehead atoms. The highest BCUT2D eigenvalue weighted by molar-refractivity contribution is 5.29. The van der Waals surface area contributed by atoms with Gasteiger partial charge in [0, 0.05) is 6.04 Å². The largest absolute Gasteiger partial charge is 0.387 e. The van der Waals surface area contributed by atoms with Gasteiger partial charge in [-0.2, -0.15) is 0 Å². The molecule has 0 heterocycles. The van der Waals surface area contributed by atoms with Crippen molar-refractivity contribution in [3.8, 4) is 0 Å². The molecule has 0 aliphatic heterocycles. The van der Waals surface area contributed by atoms with Crippen LogP contribution in [-0.2, 0) is 0 Å². The van der Waals surface area contributed by atoms with Crippen LogP contribution >= 0.6 is 0 Å². The molecule has 0 amide bonds. The van der Waals surface area contributed by atoms with Gasteiger partial charge in [-0.15, -0.1) is 0 Å². The Balaban J connectivity index is 2.96.